The molecule has 0 aliphatic carbocycles. The van der Waals surface area contributed by atoms with Crippen molar-refractivity contribution in [3.8, 4) is 25.1 Å². The van der Waals surface area contributed by atoms with Gasteiger partial charge in [0.25, 0.3) is 0 Å². The van der Waals surface area contributed by atoms with Gasteiger partial charge in [-0.15, -0.1) is 0 Å². The number of rotatable bonds is 2. The van der Waals surface area contributed by atoms with Gasteiger partial charge in [-0.3, -0.25) is 9.59 Å². The number of terminal acetylenes is 2. The van der Waals surface area contributed by atoms with Crippen molar-refractivity contribution in [3.05, 3.63) is 22.7 Å². The molecule has 0 bridgehead atoms. The van der Waals surface area contributed by atoms with Crippen LogP contribution in [-0.4, -0.2) is 130 Å². The molecule has 0 aliphatic rings. The molecule has 0 amide bonds. The summed E-state index contributed by atoms with van der Waals surface area (Å²) in [4.78, 5) is 19.1. The minimum atomic E-state index is -0.0787. The van der Waals surface area contributed by atoms with Crippen LogP contribution in [0, 0.1) is 25.1 Å². The predicted octanol–water partition coefficient (Wildman–Crippen LogP) is 3.70. The summed E-state index contributed by atoms with van der Waals surface area (Å²) in [6.07, 6.45) is 10.8. The second-order valence-corrected chi connectivity index (χ2v) is 6.35. The van der Waals surface area contributed by atoms with Gasteiger partial charge in [-0.05, 0) is 90.0 Å². The Morgan fingerprint density at radius 2 is 0.625 bits per heavy atom. The first-order chi connectivity index (χ1) is 21.2. The molecule has 0 unspecified atom stereocenters. The van der Waals surface area contributed by atoms with Crippen molar-refractivity contribution in [3.63, 3.8) is 0 Å². The Hall–Kier alpha value is -1.70. The van der Waals surface area contributed by atoms with Crippen LogP contribution < -0.4 is 0 Å². The molecule has 0 fully saturated rings. The van der Waals surface area contributed by atoms with E-state index in [2.05, 4.69) is 12.8 Å². The van der Waals surface area contributed by atoms with Crippen molar-refractivity contribution < 1.29 is 121 Å². The Morgan fingerprint density at radius 1 is 0.521 bits per heavy atom. The summed E-state index contributed by atoms with van der Waals surface area (Å²) in [5.41, 5.74) is 0.981. The van der Waals surface area contributed by atoms with Crippen molar-refractivity contribution in [2.24, 2.45) is 0 Å². The van der Waals surface area contributed by atoms with E-state index in [1.165, 1.54) is 39.9 Å². The standard InChI is InChI=1S/2C6H10O2.8C2H6O.2C2H2O.2Nb.4H2/c2*1-4(5(2)7)6(3)8;10*1-2-3;;;;;;/h2*7H,1-3H3;8*3H,2H2,1H3;2*1,3H;;;4*1H/q;;;;;;;;;;;;;-1;;;;/p+1/b5-4-;;;;;;;;;;;;;;;;;. The summed E-state index contributed by atoms with van der Waals surface area (Å²) < 4.78 is 0. The summed E-state index contributed by atoms with van der Waals surface area (Å²) in [7, 11) is 0. The molecule has 16 heteroatoms. The first-order valence-corrected chi connectivity index (χ1v) is 14.1. The topological polar surface area (TPSA) is 281 Å². The van der Waals surface area contributed by atoms with Gasteiger partial charge in [0.2, 0.25) is 0 Å². The number of carbonyl (C=O) groups is 1. The summed E-state index contributed by atoms with van der Waals surface area (Å²) in [5.74, 6) is 0.373. The van der Waals surface area contributed by atoms with Gasteiger partial charge in [-0.1, -0.05) is 12.8 Å². The maximum Gasteiger partial charge on any atom is 0.319 e. The first kappa shape index (κ1) is 91.1. The Labute approximate surface area is 329 Å². The summed E-state index contributed by atoms with van der Waals surface area (Å²) in [6.45, 7) is 24.7. The molecule has 48 heavy (non-hydrogen) atoms. The molecule has 0 saturated heterocycles. The number of aliphatic hydroxyl groups excluding tert-OH is 12. The summed E-state index contributed by atoms with van der Waals surface area (Å²) in [6, 6.07) is 0. The third-order valence-electron chi connectivity index (χ3n) is 2.16. The largest absolute Gasteiger partial charge is 1.00 e. The Morgan fingerprint density at radius 3 is 0.625 bits per heavy atom. The van der Waals surface area contributed by atoms with Crippen molar-refractivity contribution >= 4 is 11.6 Å². The van der Waals surface area contributed by atoms with Crippen LogP contribution in [-0.2, 0) is 49.6 Å². The third kappa shape index (κ3) is 406. The molecule has 0 aromatic carbocycles. The molecule has 303 valence electrons. The average molecular weight is 876 g/mol. The fourth-order valence-corrected chi connectivity index (χ4v) is 0.517. The van der Waals surface area contributed by atoms with Gasteiger partial charge in [0, 0.05) is 86.5 Å². The van der Waals surface area contributed by atoms with E-state index in [9.17, 15) is 4.79 Å². The van der Waals surface area contributed by atoms with E-state index in [-0.39, 0.29) is 126 Å². The molecule has 0 aromatic heterocycles. The second-order valence-electron chi connectivity index (χ2n) is 6.35. The normalized spacial score (nSPS) is 7.58. The number of aliphatic hydroxyl groups is 12. The number of hydrogen-bond acceptors (Lipinski definition) is 13. The van der Waals surface area contributed by atoms with Gasteiger partial charge in [-0.2, -0.15) is 0 Å². The quantitative estimate of drug-likeness (QED) is 0.0621. The van der Waals surface area contributed by atoms with E-state index < -0.39 is 0 Å². The van der Waals surface area contributed by atoms with Crippen LogP contribution in [0.15, 0.2) is 22.7 Å². The van der Waals surface area contributed by atoms with Crippen molar-refractivity contribution in [1.82, 2.24) is 0 Å². The molecule has 0 rings (SSSR count). The average Bonchev–Trinajstić information content (AvgIpc) is 2.92. The molecule has 13 N–H and O–H groups in total. The van der Waals surface area contributed by atoms with E-state index in [4.69, 9.17) is 66.1 Å². The van der Waals surface area contributed by atoms with Crippen molar-refractivity contribution in [1.29, 1.82) is 0 Å². The molecular weight excluding hydrogens is 794 g/mol. The van der Waals surface area contributed by atoms with Gasteiger partial charge in [-0.25, -0.2) is 0 Å². The molecular formula is C32H81Nb2O14. The zero-order valence-corrected chi connectivity index (χ0v) is 36.3. The Bertz CT molecular complexity index is 574. The third-order valence-corrected chi connectivity index (χ3v) is 2.16. The molecule has 1 radical (unpaired) electrons. The van der Waals surface area contributed by atoms with Crippen LogP contribution >= 0.6 is 0 Å². The smallest absolute Gasteiger partial charge is 0.319 e. The van der Waals surface area contributed by atoms with E-state index >= 15 is 0 Å². The maximum absolute atomic E-state index is 10.4. The van der Waals surface area contributed by atoms with E-state index in [1.807, 2.05) is 0 Å². The Balaban J connectivity index is -0.0000000154. The number of Topliss-reactive ketones (excluding diaryl/α,β-unsaturated/α-hetero) is 1. The van der Waals surface area contributed by atoms with Crippen LogP contribution in [0.3, 0.4) is 0 Å². The fraction of sp³-hybridized carbons (Fsp3) is 0.688. The van der Waals surface area contributed by atoms with Gasteiger partial charge in [0.15, 0.2) is 5.78 Å². The van der Waals surface area contributed by atoms with Crippen LogP contribution in [0.1, 0.15) is 103 Å². The monoisotopic (exact) mass is 875 g/mol. The van der Waals surface area contributed by atoms with Crippen LogP contribution in [0.2, 0.25) is 0 Å². The fourth-order valence-electron chi connectivity index (χ4n) is 0.517. The summed E-state index contributed by atoms with van der Waals surface area (Å²) >= 11 is 0. The molecule has 0 aromatic rings. The minimum absolute atomic E-state index is 0. The molecule has 0 saturated carbocycles. The van der Waals surface area contributed by atoms with Crippen LogP contribution in [0.5, 0.6) is 0 Å². The second kappa shape index (κ2) is 129. The van der Waals surface area contributed by atoms with Gasteiger partial charge < -0.3 is 83.7 Å². The molecule has 0 atom stereocenters. The zero-order valence-electron chi connectivity index (χ0n) is 31.9. The SMILES string of the molecule is C#CO.C#CO.CC(=O)/C(C)=C(/C)O.CC(=[OH+])C(C)=C(C)O.CCO.CCO.CCO.CCO.CCO.CCO.CCO.CCO.[HH].[HH].[HH].[HH].[Nb-].[Nb]. The van der Waals surface area contributed by atoms with E-state index in [1.54, 1.807) is 69.2 Å². The number of ketones is 2. The maximum atomic E-state index is 10.4. The first-order valence-electron chi connectivity index (χ1n) is 14.1. The molecule has 0 heterocycles. The number of hydrogen-bond donors (Lipinski definition) is 12. The van der Waals surface area contributed by atoms with Gasteiger partial charge in [0.1, 0.15) is 18.0 Å². The van der Waals surface area contributed by atoms with E-state index in [0.717, 1.165) is 0 Å². The van der Waals surface area contributed by atoms with Crippen LogP contribution in [0.4, 0.5) is 0 Å². The van der Waals surface area contributed by atoms with Crippen molar-refractivity contribution in [2.45, 2.75) is 96.9 Å². The summed E-state index contributed by atoms with van der Waals surface area (Å²) in [5, 5.41) is 92.1. The molecule has 0 spiro atoms. The Kier molecular flexibility index (Phi) is 244. The molecule has 14 nitrogen and oxygen atoms in total. The van der Waals surface area contributed by atoms with Crippen LogP contribution in [0.25, 0.3) is 0 Å². The van der Waals surface area contributed by atoms with Gasteiger partial charge >= 0.3 is 5.78 Å². The number of carbonyl (C=O) groups excluding carboxylic acids is 2. The predicted molar refractivity (Wildman–Crippen MR) is 197 cm³/mol. The zero-order chi connectivity index (χ0) is 40.5. The minimum Gasteiger partial charge on any atom is -1.00 e. The van der Waals surface area contributed by atoms with Gasteiger partial charge in [0.05, 0.1) is 18.3 Å². The molecule has 0 aliphatic heterocycles. The van der Waals surface area contributed by atoms with E-state index in [0.29, 0.717) is 11.1 Å². The van der Waals surface area contributed by atoms with Crippen molar-refractivity contribution in [2.75, 3.05) is 52.9 Å². The number of allylic oxidation sites excluding steroid dienone is 4.